The summed E-state index contributed by atoms with van der Waals surface area (Å²) in [6.45, 7) is -0.736. The molecule has 0 radical (unpaired) electrons. The molecule has 0 spiro atoms. The van der Waals surface area contributed by atoms with Crippen LogP contribution in [0.2, 0.25) is 0 Å². The van der Waals surface area contributed by atoms with Crippen LogP contribution in [-0.2, 0) is 9.53 Å². The summed E-state index contributed by atoms with van der Waals surface area (Å²) in [7, 11) is 0. The summed E-state index contributed by atoms with van der Waals surface area (Å²) < 4.78 is 4.91. The van der Waals surface area contributed by atoms with Crippen molar-refractivity contribution in [1.82, 2.24) is 0 Å². The lowest BCUT2D eigenvalue weighted by atomic mass is 10.2. The molecule has 0 aliphatic heterocycles. The number of hydrogen-bond acceptors (Lipinski definition) is 4. The first-order valence-corrected chi connectivity index (χ1v) is 5.05. The van der Waals surface area contributed by atoms with Gasteiger partial charge in [0.25, 0.3) is 0 Å². The van der Waals surface area contributed by atoms with E-state index in [4.69, 9.17) is 20.1 Å². The van der Waals surface area contributed by atoms with E-state index in [1.54, 1.807) is 24.3 Å². The maximum atomic E-state index is 10.9. The summed E-state index contributed by atoms with van der Waals surface area (Å²) in [6.07, 6.45) is 0.264. The van der Waals surface area contributed by atoms with Crippen molar-refractivity contribution in [1.29, 1.82) is 0 Å². The molecule has 0 fully saturated rings. The van der Waals surface area contributed by atoms with E-state index in [2.05, 4.69) is 0 Å². The fourth-order valence-electron chi connectivity index (χ4n) is 1.10. The average Bonchev–Trinajstić information content (AvgIpc) is 2.34. The number of carbonyl (C=O) groups is 1. The van der Waals surface area contributed by atoms with Gasteiger partial charge in [-0.15, -0.1) is 0 Å². The molecule has 92 valence electrons. The third-order valence-electron chi connectivity index (χ3n) is 1.95. The average molecular weight is 238 g/mol. The van der Waals surface area contributed by atoms with Gasteiger partial charge in [-0.05, 0) is 11.6 Å². The molecule has 0 saturated carbocycles. The van der Waals surface area contributed by atoms with E-state index in [9.17, 15) is 4.79 Å². The van der Waals surface area contributed by atoms with Gasteiger partial charge in [0.15, 0.2) is 0 Å². The first-order chi connectivity index (χ1) is 8.13. The Morgan fingerprint density at radius 1 is 1.35 bits per heavy atom. The largest absolute Gasteiger partial charge is 0.484 e. The van der Waals surface area contributed by atoms with Crippen LogP contribution in [0.3, 0.4) is 0 Å². The summed E-state index contributed by atoms with van der Waals surface area (Å²) in [4.78, 5) is 10.9. The van der Waals surface area contributed by atoms with Gasteiger partial charge in [0.2, 0.25) is 5.76 Å². The second-order valence-corrected chi connectivity index (χ2v) is 3.37. The SMILES string of the molecule is O=C(O)C(=Cc1ccccc1)OCC(O)CO. The molecule has 1 atom stereocenters. The number of rotatable bonds is 6. The molecule has 3 N–H and O–H groups in total. The summed E-state index contributed by atoms with van der Waals surface area (Å²) in [5, 5.41) is 26.5. The molecule has 0 saturated heterocycles. The highest BCUT2D eigenvalue weighted by Gasteiger charge is 2.11. The van der Waals surface area contributed by atoms with Crippen molar-refractivity contribution in [3.63, 3.8) is 0 Å². The fraction of sp³-hybridized carbons (Fsp3) is 0.250. The van der Waals surface area contributed by atoms with E-state index in [0.29, 0.717) is 5.56 Å². The van der Waals surface area contributed by atoms with E-state index in [-0.39, 0.29) is 12.4 Å². The quantitative estimate of drug-likeness (QED) is 0.495. The predicted molar refractivity (Wildman–Crippen MR) is 61.1 cm³/mol. The third kappa shape index (κ3) is 4.67. The van der Waals surface area contributed by atoms with Crippen molar-refractivity contribution in [2.24, 2.45) is 0 Å². The van der Waals surface area contributed by atoms with Crippen molar-refractivity contribution in [3.8, 4) is 0 Å². The Bertz CT molecular complexity index is 385. The first-order valence-electron chi connectivity index (χ1n) is 5.05. The van der Waals surface area contributed by atoms with Crippen molar-refractivity contribution < 1.29 is 24.9 Å². The Kier molecular flexibility index (Phi) is 5.19. The molecule has 17 heavy (non-hydrogen) atoms. The molecule has 5 heteroatoms. The van der Waals surface area contributed by atoms with Crippen LogP contribution in [0.25, 0.3) is 6.08 Å². The summed E-state index contributed by atoms with van der Waals surface area (Å²) >= 11 is 0. The number of hydrogen-bond donors (Lipinski definition) is 3. The van der Waals surface area contributed by atoms with Crippen molar-refractivity contribution in [3.05, 3.63) is 41.7 Å². The number of aliphatic hydroxyl groups excluding tert-OH is 2. The highest BCUT2D eigenvalue weighted by atomic mass is 16.5. The standard InChI is InChI=1S/C12H14O5/c13-7-10(14)8-17-11(12(15)16)6-9-4-2-1-3-5-9/h1-6,10,13-14H,7-8H2,(H,15,16). The van der Waals surface area contributed by atoms with Gasteiger partial charge in [-0.2, -0.15) is 0 Å². The zero-order valence-electron chi connectivity index (χ0n) is 9.11. The van der Waals surface area contributed by atoms with E-state index in [1.165, 1.54) is 6.08 Å². The zero-order valence-corrected chi connectivity index (χ0v) is 9.11. The van der Waals surface area contributed by atoms with Crippen LogP contribution in [0.4, 0.5) is 0 Å². The predicted octanol–water partition coefficient (Wildman–Crippen LogP) is 0.482. The Morgan fingerprint density at radius 3 is 2.53 bits per heavy atom. The molecule has 1 rings (SSSR count). The molecule has 0 heterocycles. The van der Waals surface area contributed by atoms with Crippen LogP contribution in [0.1, 0.15) is 5.56 Å². The number of aliphatic hydroxyl groups is 2. The highest BCUT2D eigenvalue weighted by molar-refractivity contribution is 5.89. The number of aliphatic carboxylic acids is 1. The van der Waals surface area contributed by atoms with Crippen molar-refractivity contribution in [2.75, 3.05) is 13.2 Å². The minimum atomic E-state index is -1.22. The van der Waals surface area contributed by atoms with Crippen LogP contribution in [0, 0.1) is 0 Å². The second kappa shape index (κ2) is 6.67. The van der Waals surface area contributed by atoms with Crippen LogP contribution < -0.4 is 0 Å². The molecule has 1 unspecified atom stereocenters. The maximum absolute atomic E-state index is 10.9. The first kappa shape index (κ1) is 13.2. The zero-order chi connectivity index (χ0) is 12.7. The molecule has 0 bridgehead atoms. The van der Waals surface area contributed by atoms with Crippen LogP contribution in [0.5, 0.6) is 0 Å². The van der Waals surface area contributed by atoms with Crippen molar-refractivity contribution >= 4 is 12.0 Å². The van der Waals surface area contributed by atoms with Gasteiger partial charge in [0.1, 0.15) is 12.7 Å². The Balaban J connectivity index is 2.73. The lowest BCUT2D eigenvalue weighted by Crippen LogP contribution is -2.20. The smallest absolute Gasteiger partial charge is 0.371 e. The van der Waals surface area contributed by atoms with E-state index in [0.717, 1.165) is 0 Å². The summed E-state index contributed by atoms with van der Waals surface area (Å²) in [5.74, 6) is -1.50. The number of benzene rings is 1. The van der Waals surface area contributed by atoms with Gasteiger partial charge < -0.3 is 20.1 Å². The van der Waals surface area contributed by atoms with Gasteiger partial charge in [-0.25, -0.2) is 4.79 Å². The minimum absolute atomic E-state index is 0.262. The Hall–Kier alpha value is -1.85. The molecule has 5 nitrogen and oxygen atoms in total. The molecule has 1 aromatic carbocycles. The van der Waals surface area contributed by atoms with Crippen LogP contribution >= 0.6 is 0 Å². The van der Waals surface area contributed by atoms with Gasteiger partial charge in [-0.1, -0.05) is 30.3 Å². The maximum Gasteiger partial charge on any atom is 0.371 e. The molecule has 0 aliphatic rings. The molecule has 0 amide bonds. The molecule has 1 aromatic rings. The summed E-state index contributed by atoms with van der Waals surface area (Å²) in [6, 6.07) is 8.82. The lowest BCUT2D eigenvalue weighted by Gasteiger charge is -2.10. The van der Waals surface area contributed by atoms with Gasteiger partial charge >= 0.3 is 5.97 Å². The number of carboxylic acid groups (broad SMARTS) is 1. The molecule has 0 aromatic heterocycles. The highest BCUT2D eigenvalue weighted by Crippen LogP contribution is 2.08. The van der Waals surface area contributed by atoms with E-state index in [1.807, 2.05) is 6.07 Å². The minimum Gasteiger partial charge on any atom is -0.484 e. The number of carboxylic acids is 1. The van der Waals surface area contributed by atoms with Gasteiger partial charge in [0, 0.05) is 0 Å². The molecule has 0 aliphatic carbocycles. The second-order valence-electron chi connectivity index (χ2n) is 3.37. The normalized spacial score (nSPS) is 13.2. The van der Waals surface area contributed by atoms with Gasteiger partial charge in [0.05, 0.1) is 6.61 Å². The monoisotopic (exact) mass is 238 g/mol. The topological polar surface area (TPSA) is 87.0 Å². The molecular formula is C12H14O5. The lowest BCUT2D eigenvalue weighted by molar-refractivity contribution is -0.137. The van der Waals surface area contributed by atoms with E-state index < -0.39 is 18.7 Å². The fourth-order valence-corrected chi connectivity index (χ4v) is 1.10. The third-order valence-corrected chi connectivity index (χ3v) is 1.95. The summed E-state index contributed by atoms with van der Waals surface area (Å²) in [5.41, 5.74) is 0.684. The van der Waals surface area contributed by atoms with Crippen LogP contribution in [-0.4, -0.2) is 40.6 Å². The Labute approximate surface area is 98.6 Å². The van der Waals surface area contributed by atoms with Gasteiger partial charge in [-0.3, -0.25) is 0 Å². The molecular weight excluding hydrogens is 224 g/mol. The van der Waals surface area contributed by atoms with Crippen molar-refractivity contribution in [2.45, 2.75) is 6.10 Å². The Morgan fingerprint density at radius 2 is 2.00 bits per heavy atom. The van der Waals surface area contributed by atoms with Crippen LogP contribution in [0.15, 0.2) is 36.1 Å². The van der Waals surface area contributed by atoms with E-state index >= 15 is 0 Å². The number of ether oxygens (including phenoxy) is 1.